The van der Waals surface area contributed by atoms with E-state index >= 15 is 0 Å². The lowest BCUT2D eigenvalue weighted by Gasteiger charge is -2.21. The molecular weight excluding hydrogens is 228 g/mol. The highest BCUT2D eigenvalue weighted by Gasteiger charge is 2.12. The molecule has 1 aromatic rings. The molecule has 18 heavy (non-hydrogen) atoms. The molecule has 0 unspecified atom stereocenters. The maximum absolute atomic E-state index is 5.10. The van der Waals surface area contributed by atoms with Gasteiger partial charge in [0.25, 0.3) is 0 Å². The van der Waals surface area contributed by atoms with Crippen molar-refractivity contribution >= 4 is 11.6 Å². The zero-order chi connectivity index (χ0) is 13.5. The molecule has 0 atom stereocenters. The zero-order valence-electron chi connectivity index (χ0n) is 12.1. The Balaban J connectivity index is 2.92. The molecule has 5 heteroatoms. The second-order valence-corrected chi connectivity index (χ2v) is 4.41. The molecule has 0 aliphatic carbocycles. The van der Waals surface area contributed by atoms with Gasteiger partial charge in [0.15, 0.2) is 0 Å². The van der Waals surface area contributed by atoms with Crippen molar-refractivity contribution in [3.05, 3.63) is 11.4 Å². The first-order valence-electron chi connectivity index (χ1n) is 6.39. The number of aromatic nitrogens is 2. The largest absolute Gasteiger partial charge is 0.383 e. The number of aryl methyl sites for hydroxylation is 1. The van der Waals surface area contributed by atoms with Crippen molar-refractivity contribution in [1.82, 2.24) is 9.97 Å². The van der Waals surface area contributed by atoms with Crippen LogP contribution in [-0.2, 0) is 4.74 Å². The number of methoxy groups -OCH3 is 1. The molecule has 0 amide bonds. The Morgan fingerprint density at radius 2 is 2.00 bits per heavy atom. The first kappa shape index (κ1) is 14.7. The van der Waals surface area contributed by atoms with Crippen LogP contribution in [0.2, 0.25) is 0 Å². The minimum atomic E-state index is 0.691. The molecule has 0 aliphatic rings. The third-order valence-electron chi connectivity index (χ3n) is 2.77. The Morgan fingerprint density at radius 3 is 2.61 bits per heavy atom. The van der Waals surface area contributed by atoms with Gasteiger partial charge in [0, 0.05) is 32.8 Å². The molecule has 0 aromatic carbocycles. The van der Waals surface area contributed by atoms with Crippen LogP contribution in [0.3, 0.4) is 0 Å². The SMILES string of the molecule is CCCNc1nc(C)nc(N(C)CCOC)c1C. The van der Waals surface area contributed by atoms with Gasteiger partial charge in [-0.3, -0.25) is 0 Å². The average molecular weight is 252 g/mol. The smallest absolute Gasteiger partial charge is 0.137 e. The molecule has 0 radical (unpaired) electrons. The molecular formula is C13H24N4O. The molecule has 0 saturated heterocycles. The van der Waals surface area contributed by atoms with E-state index in [1.54, 1.807) is 7.11 Å². The van der Waals surface area contributed by atoms with Gasteiger partial charge in [-0.2, -0.15) is 0 Å². The molecule has 1 rings (SSSR count). The van der Waals surface area contributed by atoms with E-state index in [0.717, 1.165) is 42.5 Å². The lowest BCUT2D eigenvalue weighted by Crippen LogP contribution is -2.25. The summed E-state index contributed by atoms with van der Waals surface area (Å²) in [6, 6.07) is 0. The standard InChI is InChI=1S/C13H24N4O/c1-6-7-14-12-10(2)13(16-11(3)15-12)17(4)8-9-18-5/h6-9H2,1-5H3,(H,14,15,16). The highest BCUT2D eigenvalue weighted by Crippen LogP contribution is 2.22. The number of nitrogens with zero attached hydrogens (tertiary/aromatic N) is 3. The van der Waals surface area contributed by atoms with Gasteiger partial charge in [-0.1, -0.05) is 6.92 Å². The van der Waals surface area contributed by atoms with Crippen molar-refractivity contribution in [3.63, 3.8) is 0 Å². The Kier molecular flexibility index (Phi) is 5.85. The van der Waals surface area contributed by atoms with E-state index in [4.69, 9.17) is 4.74 Å². The summed E-state index contributed by atoms with van der Waals surface area (Å²) in [7, 11) is 3.73. The fourth-order valence-corrected chi connectivity index (χ4v) is 1.73. The highest BCUT2D eigenvalue weighted by atomic mass is 16.5. The van der Waals surface area contributed by atoms with Crippen LogP contribution in [0.5, 0.6) is 0 Å². The fourth-order valence-electron chi connectivity index (χ4n) is 1.73. The van der Waals surface area contributed by atoms with Crippen LogP contribution in [0.15, 0.2) is 0 Å². The van der Waals surface area contributed by atoms with Crippen molar-refractivity contribution < 1.29 is 4.74 Å². The lowest BCUT2D eigenvalue weighted by atomic mass is 10.2. The number of likely N-dealkylation sites (N-methyl/N-ethyl adjacent to an activating group) is 1. The maximum atomic E-state index is 5.10. The third-order valence-corrected chi connectivity index (χ3v) is 2.77. The van der Waals surface area contributed by atoms with E-state index in [9.17, 15) is 0 Å². The van der Waals surface area contributed by atoms with Gasteiger partial charge in [0.1, 0.15) is 17.5 Å². The van der Waals surface area contributed by atoms with Gasteiger partial charge >= 0.3 is 0 Å². The first-order chi connectivity index (χ1) is 8.60. The number of nitrogens with one attached hydrogen (secondary N) is 1. The van der Waals surface area contributed by atoms with Gasteiger partial charge in [0.05, 0.1) is 6.61 Å². The van der Waals surface area contributed by atoms with Gasteiger partial charge in [-0.25, -0.2) is 9.97 Å². The monoisotopic (exact) mass is 252 g/mol. The predicted octanol–water partition coefficient (Wildman–Crippen LogP) is 2.00. The number of hydrogen-bond donors (Lipinski definition) is 1. The van der Waals surface area contributed by atoms with Crippen molar-refractivity contribution in [2.24, 2.45) is 0 Å². The summed E-state index contributed by atoms with van der Waals surface area (Å²) in [5, 5.41) is 3.35. The van der Waals surface area contributed by atoms with Gasteiger partial charge in [0.2, 0.25) is 0 Å². The van der Waals surface area contributed by atoms with Crippen molar-refractivity contribution in [1.29, 1.82) is 0 Å². The summed E-state index contributed by atoms with van der Waals surface area (Å²) in [6.45, 7) is 8.55. The van der Waals surface area contributed by atoms with Crippen LogP contribution < -0.4 is 10.2 Å². The number of rotatable bonds is 7. The molecule has 0 fully saturated rings. The highest BCUT2D eigenvalue weighted by molar-refractivity contribution is 5.58. The summed E-state index contributed by atoms with van der Waals surface area (Å²) in [6.07, 6.45) is 1.08. The van der Waals surface area contributed by atoms with Gasteiger partial charge in [-0.15, -0.1) is 0 Å². The van der Waals surface area contributed by atoms with Crippen molar-refractivity contribution in [2.45, 2.75) is 27.2 Å². The summed E-state index contributed by atoms with van der Waals surface area (Å²) < 4.78 is 5.10. The van der Waals surface area contributed by atoms with Crippen LogP contribution in [0.1, 0.15) is 24.7 Å². The Morgan fingerprint density at radius 1 is 1.28 bits per heavy atom. The minimum Gasteiger partial charge on any atom is -0.383 e. The second kappa shape index (κ2) is 7.16. The Bertz CT molecular complexity index is 381. The molecule has 0 spiro atoms. The molecule has 102 valence electrons. The van der Waals surface area contributed by atoms with E-state index in [0.29, 0.717) is 6.61 Å². The fraction of sp³-hybridized carbons (Fsp3) is 0.692. The molecule has 0 bridgehead atoms. The molecule has 1 N–H and O–H groups in total. The molecule has 0 aliphatic heterocycles. The third kappa shape index (κ3) is 3.84. The summed E-state index contributed by atoms with van der Waals surface area (Å²) in [5.74, 6) is 2.69. The Hall–Kier alpha value is -1.36. The van der Waals surface area contributed by atoms with Crippen LogP contribution >= 0.6 is 0 Å². The summed E-state index contributed by atoms with van der Waals surface area (Å²) >= 11 is 0. The summed E-state index contributed by atoms with van der Waals surface area (Å²) in [4.78, 5) is 11.1. The maximum Gasteiger partial charge on any atom is 0.137 e. The van der Waals surface area contributed by atoms with Crippen LogP contribution in [0, 0.1) is 13.8 Å². The quantitative estimate of drug-likeness (QED) is 0.804. The van der Waals surface area contributed by atoms with Crippen LogP contribution in [0.4, 0.5) is 11.6 Å². The predicted molar refractivity (Wildman–Crippen MR) is 75.4 cm³/mol. The topological polar surface area (TPSA) is 50.3 Å². The van der Waals surface area contributed by atoms with Crippen LogP contribution in [0.25, 0.3) is 0 Å². The summed E-state index contributed by atoms with van der Waals surface area (Å²) in [5.41, 5.74) is 1.09. The van der Waals surface area contributed by atoms with Gasteiger partial charge < -0.3 is 15.0 Å². The molecule has 5 nitrogen and oxygen atoms in total. The lowest BCUT2D eigenvalue weighted by molar-refractivity contribution is 0.206. The normalized spacial score (nSPS) is 10.5. The van der Waals surface area contributed by atoms with Crippen molar-refractivity contribution in [2.75, 3.05) is 44.1 Å². The molecule has 0 saturated carbocycles. The van der Waals surface area contributed by atoms with E-state index in [1.165, 1.54) is 0 Å². The minimum absolute atomic E-state index is 0.691. The average Bonchev–Trinajstić information content (AvgIpc) is 2.36. The Labute approximate surface area is 110 Å². The van der Waals surface area contributed by atoms with E-state index < -0.39 is 0 Å². The first-order valence-corrected chi connectivity index (χ1v) is 6.39. The van der Waals surface area contributed by atoms with E-state index in [-0.39, 0.29) is 0 Å². The second-order valence-electron chi connectivity index (χ2n) is 4.41. The van der Waals surface area contributed by atoms with E-state index in [2.05, 4.69) is 34.0 Å². The zero-order valence-corrected chi connectivity index (χ0v) is 12.1. The van der Waals surface area contributed by atoms with Crippen molar-refractivity contribution in [3.8, 4) is 0 Å². The number of hydrogen-bond acceptors (Lipinski definition) is 5. The van der Waals surface area contributed by atoms with Gasteiger partial charge in [-0.05, 0) is 20.3 Å². The molecule has 1 aromatic heterocycles. The molecule has 1 heterocycles. The van der Waals surface area contributed by atoms with E-state index in [1.807, 2.05) is 14.0 Å². The number of ether oxygens (including phenoxy) is 1. The van der Waals surface area contributed by atoms with Crippen LogP contribution in [-0.4, -0.2) is 43.8 Å². The number of anilines is 2.